The number of nitrogens with one attached hydrogen (secondary N) is 3. The number of H-pyrrole nitrogens is 1. The van der Waals surface area contributed by atoms with Crippen molar-refractivity contribution in [3.05, 3.63) is 70.4 Å². The van der Waals surface area contributed by atoms with Crippen LogP contribution in [0, 0.1) is 0 Å². The third kappa shape index (κ3) is 4.09. The van der Waals surface area contributed by atoms with Crippen LogP contribution in [0.3, 0.4) is 0 Å². The molecule has 2 aromatic heterocycles. The molecule has 2 aromatic carbocycles. The van der Waals surface area contributed by atoms with E-state index in [2.05, 4.69) is 25.8 Å². The number of nitrogens with zero attached hydrogens (tertiary/aromatic N) is 3. The minimum Gasteiger partial charge on any atom is -0.355 e. The number of fused-ring (bicyclic) bond motifs is 1. The summed E-state index contributed by atoms with van der Waals surface area (Å²) in [4.78, 5) is 27.5. The SMILES string of the molecule is CNC(=O)c1ccc(C(=O)Nc2cccc(-c3nn4nc(C(C)(C)C)c(Cl)c4[nH]3)c2)cc1. The van der Waals surface area contributed by atoms with Crippen LogP contribution < -0.4 is 10.6 Å². The molecule has 0 atom stereocenters. The standard InChI is InChI=1S/C23H23ClN6O2/c1-23(2,3)18-17(24)20-27-19(29-30(20)28-18)15-6-5-7-16(12-15)26-22(32)14-10-8-13(9-11-14)21(31)25-4/h5-12H,1-4H3,(H,25,31)(H,26,32)(H,27,29). The first-order valence-corrected chi connectivity index (χ1v) is 10.4. The zero-order valence-electron chi connectivity index (χ0n) is 18.2. The van der Waals surface area contributed by atoms with E-state index in [-0.39, 0.29) is 17.2 Å². The zero-order chi connectivity index (χ0) is 23.0. The summed E-state index contributed by atoms with van der Waals surface area (Å²) < 4.78 is 1.50. The number of hydrogen-bond donors (Lipinski definition) is 3. The molecule has 32 heavy (non-hydrogen) atoms. The van der Waals surface area contributed by atoms with Crippen LogP contribution >= 0.6 is 11.6 Å². The summed E-state index contributed by atoms with van der Waals surface area (Å²) in [6, 6.07) is 13.8. The number of amides is 2. The maximum atomic E-state index is 12.6. The molecule has 0 saturated carbocycles. The Labute approximate surface area is 190 Å². The molecule has 0 aliphatic carbocycles. The van der Waals surface area contributed by atoms with Crippen LogP contribution in [-0.2, 0) is 5.41 Å². The molecule has 8 nitrogen and oxygen atoms in total. The van der Waals surface area contributed by atoms with Gasteiger partial charge in [0, 0.05) is 34.8 Å². The first-order valence-electron chi connectivity index (χ1n) is 10.1. The summed E-state index contributed by atoms with van der Waals surface area (Å²) in [7, 11) is 1.56. The smallest absolute Gasteiger partial charge is 0.255 e. The minimum absolute atomic E-state index is 0.200. The number of aromatic nitrogens is 4. The molecule has 2 heterocycles. The van der Waals surface area contributed by atoms with Crippen LogP contribution in [0.15, 0.2) is 48.5 Å². The van der Waals surface area contributed by atoms with Crippen molar-refractivity contribution in [2.45, 2.75) is 26.2 Å². The van der Waals surface area contributed by atoms with E-state index in [9.17, 15) is 9.59 Å². The second-order valence-electron chi connectivity index (χ2n) is 8.42. The van der Waals surface area contributed by atoms with Gasteiger partial charge in [0.05, 0.1) is 5.69 Å². The third-order valence-electron chi connectivity index (χ3n) is 4.98. The Morgan fingerprint density at radius 3 is 2.25 bits per heavy atom. The molecule has 2 amide bonds. The van der Waals surface area contributed by atoms with Crippen molar-refractivity contribution in [3.63, 3.8) is 0 Å². The van der Waals surface area contributed by atoms with Crippen molar-refractivity contribution < 1.29 is 9.59 Å². The minimum atomic E-state index is -0.280. The van der Waals surface area contributed by atoms with Crippen LogP contribution in [0.5, 0.6) is 0 Å². The summed E-state index contributed by atoms with van der Waals surface area (Å²) in [5.74, 6) is 0.0998. The first-order chi connectivity index (χ1) is 15.2. The normalized spacial score (nSPS) is 11.5. The van der Waals surface area contributed by atoms with E-state index >= 15 is 0 Å². The highest BCUT2D eigenvalue weighted by atomic mass is 35.5. The fourth-order valence-corrected chi connectivity index (χ4v) is 3.72. The Kier molecular flexibility index (Phi) is 5.48. The van der Waals surface area contributed by atoms with Crippen LogP contribution in [0.4, 0.5) is 5.69 Å². The molecule has 3 N–H and O–H groups in total. The van der Waals surface area contributed by atoms with Gasteiger partial charge < -0.3 is 15.6 Å². The van der Waals surface area contributed by atoms with Gasteiger partial charge in [-0.2, -0.15) is 5.10 Å². The second-order valence-corrected chi connectivity index (χ2v) is 8.79. The quantitative estimate of drug-likeness (QED) is 0.431. The van der Waals surface area contributed by atoms with Gasteiger partial charge in [-0.15, -0.1) is 9.73 Å². The molecular formula is C23H23ClN6O2. The average Bonchev–Trinajstić information content (AvgIpc) is 3.33. The molecule has 4 rings (SSSR count). The van der Waals surface area contributed by atoms with E-state index in [1.54, 1.807) is 37.4 Å². The number of anilines is 1. The Morgan fingerprint density at radius 2 is 1.66 bits per heavy atom. The summed E-state index contributed by atoms with van der Waals surface area (Å²) in [5, 5.41) is 15.0. The van der Waals surface area contributed by atoms with E-state index < -0.39 is 0 Å². The van der Waals surface area contributed by atoms with Gasteiger partial charge in [0.25, 0.3) is 11.8 Å². The Bertz CT molecular complexity index is 1310. The lowest BCUT2D eigenvalue weighted by atomic mass is 9.92. The van der Waals surface area contributed by atoms with Crippen LogP contribution in [0.2, 0.25) is 5.02 Å². The second kappa shape index (κ2) is 8.12. The number of halogens is 1. The van der Waals surface area contributed by atoms with Crippen molar-refractivity contribution in [1.29, 1.82) is 0 Å². The van der Waals surface area contributed by atoms with E-state index in [0.29, 0.717) is 33.3 Å². The molecule has 0 radical (unpaired) electrons. The fraction of sp³-hybridized carbons (Fsp3) is 0.217. The molecule has 0 unspecified atom stereocenters. The van der Waals surface area contributed by atoms with Gasteiger partial charge in [-0.25, -0.2) is 0 Å². The Morgan fingerprint density at radius 1 is 1.00 bits per heavy atom. The maximum Gasteiger partial charge on any atom is 0.255 e. The molecular weight excluding hydrogens is 428 g/mol. The molecule has 0 saturated heterocycles. The van der Waals surface area contributed by atoms with Crippen LogP contribution in [0.25, 0.3) is 17.0 Å². The third-order valence-corrected chi connectivity index (χ3v) is 5.34. The van der Waals surface area contributed by atoms with E-state index in [1.165, 1.54) is 4.63 Å². The van der Waals surface area contributed by atoms with E-state index in [0.717, 1.165) is 11.3 Å². The molecule has 0 spiro atoms. The van der Waals surface area contributed by atoms with Crippen molar-refractivity contribution in [2.24, 2.45) is 0 Å². The lowest BCUT2D eigenvalue weighted by molar-refractivity contribution is 0.0961. The molecule has 9 heteroatoms. The fourth-order valence-electron chi connectivity index (χ4n) is 3.27. The van der Waals surface area contributed by atoms with Crippen molar-refractivity contribution in [1.82, 2.24) is 25.1 Å². The maximum absolute atomic E-state index is 12.6. The van der Waals surface area contributed by atoms with E-state index in [1.807, 2.05) is 39.0 Å². The number of carbonyl (C=O) groups excluding carboxylic acids is 2. The van der Waals surface area contributed by atoms with Gasteiger partial charge in [-0.1, -0.05) is 44.5 Å². The molecule has 0 bridgehead atoms. The van der Waals surface area contributed by atoms with E-state index in [4.69, 9.17) is 11.6 Å². The van der Waals surface area contributed by atoms with Gasteiger partial charge in [0.15, 0.2) is 11.5 Å². The zero-order valence-corrected chi connectivity index (χ0v) is 18.9. The van der Waals surface area contributed by atoms with Crippen LogP contribution in [-0.4, -0.2) is 38.7 Å². The highest BCUT2D eigenvalue weighted by molar-refractivity contribution is 6.34. The van der Waals surface area contributed by atoms with Crippen molar-refractivity contribution in [2.75, 3.05) is 12.4 Å². The van der Waals surface area contributed by atoms with Gasteiger partial charge in [-0.3, -0.25) is 9.59 Å². The number of carbonyl (C=O) groups is 2. The molecule has 0 fully saturated rings. The molecule has 4 aromatic rings. The first kappa shape index (κ1) is 21.6. The monoisotopic (exact) mass is 450 g/mol. The van der Waals surface area contributed by atoms with Crippen molar-refractivity contribution >= 4 is 34.7 Å². The lowest BCUT2D eigenvalue weighted by Crippen LogP contribution is -2.18. The van der Waals surface area contributed by atoms with Gasteiger partial charge >= 0.3 is 0 Å². The lowest BCUT2D eigenvalue weighted by Gasteiger charge is -2.14. The largest absolute Gasteiger partial charge is 0.355 e. The summed E-state index contributed by atoms with van der Waals surface area (Å²) >= 11 is 6.51. The van der Waals surface area contributed by atoms with Gasteiger partial charge in [0.2, 0.25) is 0 Å². The topological polar surface area (TPSA) is 104 Å². The number of hydrogen-bond acceptors (Lipinski definition) is 4. The highest BCUT2D eigenvalue weighted by Crippen LogP contribution is 2.32. The summed E-state index contributed by atoms with van der Waals surface area (Å²) in [5.41, 5.74) is 3.51. The van der Waals surface area contributed by atoms with Gasteiger partial charge in [-0.05, 0) is 36.4 Å². The number of rotatable bonds is 4. The molecule has 0 aliphatic rings. The average molecular weight is 451 g/mol. The highest BCUT2D eigenvalue weighted by Gasteiger charge is 2.25. The summed E-state index contributed by atoms with van der Waals surface area (Å²) in [6.07, 6.45) is 0. The predicted octanol–water partition coefficient (Wildman–Crippen LogP) is 4.29. The molecule has 0 aliphatic heterocycles. The van der Waals surface area contributed by atoms with Crippen LogP contribution in [0.1, 0.15) is 47.2 Å². The summed E-state index contributed by atoms with van der Waals surface area (Å²) in [6.45, 7) is 6.12. The van der Waals surface area contributed by atoms with Crippen molar-refractivity contribution in [3.8, 4) is 11.4 Å². The number of aromatic amines is 1. The predicted molar refractivity (Wildman–Crippen MR) is 124 cm³/mol. The molecule has 164 valence electrons. The van der Waals surface area contributed by atoms with Gasteiger partial charge in [0.1, 0.15) is 5.02 Å². The Balaban J connectivity index is 1.56. The number of benzene rings is 2. The Hall–Kier alpha value is -3.65.